The molecular formula is C12H20N2S. The van der Waals surface area contributed by atoms with Gasteiger partial charge in [0.05, 0.1) is 10.7 Å². The first-order chi connectivity index (χ1) is 7.22. The molecular weight excluding hydrogens is 204 g/mol. The number of thiazole rings is 1. The molecule has 2 nitrogen and oxygen atoms in total. The first-order valence-corrected chi connectivity index (χ1v) is 6.70. The summed E-state index contributed by atoms with van der Waals surface area (Å²) in [5, 5.41) is 1.30. The molecule has 0 atom stereocenters. The monoisotopic (exact) mass is 224 g/mol. The first-order valence-electron chi connectivity index (χ1n) is 5.89. The molecule has 0 aromatic carbocycles. The Morgan fingerprint density at radius 1 is 1.47 bits per heavy atom. The quantitative estimate of drug-likeness (QED) is 0.854. The third-order valence-corrected chi connectivity index (χ3v) is 4.95. The molecule has 0 saturated heterocycles. The second-order valence-electron chi connectivity index (χ2n) is 4.61. The minimum atomic E-state index is 0.299. The van der Waals surface area contributed by atoms with Crippen molar-refractivity contribution in [2.45, 2.75) is 51.4 Å². The van der Waals surface area contributed by atoms with Gasteiger partial charge in [-0.3, -0.25) is 0 Å². The Morgan fingerprint density at radius 3 is 2.67 bits per heavy atom. The average molecular weight is 224 g/mol. The first kappa shape index (κ1) is 11.1. The third kappa shape index (κ3) is 1.83. The fourth-order valence-electron chi connectivity index (χ4n) is 2.39. The maximum atomic E-state index is 5.93. The van der Waals surface area contributed by atoms with Gasteiger partial charge in [-0.25, -0.2) is 4.98 Å². The predicted molar refractivity (Wildman–Crippen MR) is 65.4 cm³/mol. The molecule has 1 aromatic heterocycles. The van der Waals surface area contributed by atoms with E-state index in [0.717, 1.165) is 13.0 Å². The highest BCUT2D eigenvalue weighted by molar-refractivity contribution is 7.11. The molecule has 1 fully saturated rings. The van der Waals surface area contributed by atoms with Crippen LogP contribution in [0.1, 0.15) is 48.2 Å². The lowest BCUT2D eigenvalue weighted by Gasteiger charge is -2.40. The van der Waals surface area contributed by atoms with Crippen LogP contribution in [0.25, 0.3) is 0 Å². The molecule has 0 radical (unpaired) electrons. The summed E-state index contributed by atoms with van der Waals surface area (Å²) in [7, 11) is 0. The Morgan fingerprint density at radius 2 is 2.20 bits per heavy atom. The van der Waals surface area contributed by atoms with E-state index in [1.807, 2.05) is 11.3 Å². The van der Waals surface area contributed by atoms with E-state index in [4.69, 9.17) is 5.73 Å². The zero-order valence-electron chi connectivity index (χ0n) is 9.68. The third-order valence-electron chi connectivity index (χ3n) is 3.49. The molecule has 1 aromatic rings. The van der Waals surface area contributed by atoms with Crippen LogP contribution in [-0.4, -0.2) is 11.5 Å². The van der Waals surface area contributed by atoms with Gasteiger partial charge in [0.2, 0.25) is 0 Å². The van der Waals surface area contributed by atoms with E-state index in [1.54, 1.807) is 0 Å². The fourth-order valence-corrected chi connectivity index (χ4v) is 3.81. The van der Waals surface area contributed by atoms with Gasteiger partial charge in [-0.05, 0) is 32.6 Å². The van der Waals surface area contributed by atoms with Gasteiger partial charge < -0.3 is 5.73 Å². The van der Waals surface area contributed by atoms with Crippen molar-refractivity contribution in [3.8, 4) is 0 Å². The standard InChI is InChI=1S/C12H20N2S/c1-3-5-10-14-9(2)11(15-10)12(8-13)6-4-7-12/h3-8,13H2,1-2H3. The molecule has 2 N–H and O–H groups in total. The molecule has 2 rings (SSSR count). The Balaban J connectivity index is 2.27. The van der Waals surface area contributed by atoms with E-state index in [9.17, 15) is 0 Å². The molecule has 1 aliphatic rings. The van der Waals surface area contributed by atoms with E-state index in [0.29, 0.717) is 5.41 Å². The van der Waals surface area contributed by atoms with E-state index in [2.05, 4.69) is 18.8 Å². The smallest absolute Gasteiger partial charge is 0.0931 e. The normalized spacial score (nSPS) is 18.9. The second kappa shape index (κ2) is 4.22. The van der Waals surface area contributed by atoms with Crippen LogP contribution in [0.4, 0.5) is 0 Å². The largest absolute Gasteiger partial charge is 0.330 e. The van der Waals surface area contributed by atoms with E-state index in [1.165, 1.54) is 41.3 Å². The van der Waals surface area contributed by atoms with E-state index >= 15 is 0 Å². The average Bonchev–Trinajstić information content (AvgIpc) is 2.48. The van der Waals surface area contributed by atoms with Gasteiger partial charge in [0.25, 0.3) is 0 Å². The van der Waals surface area contributed by atoms with Crippen LogP contribution < -0.4 is 5.73 Å². The molecule has 0 bridgehead atoms. The summed E-state index contributed by atoms with van der Waals surface area (Å²) in [5.41, 5.74) is 7.46. The van der Waals surface area contributed by atoms with Crippen molar-refractivity contribution in [1.82, 2.24) is 4.98 Å². The van der Waals surface area contributed by atoms with Crippen molar-refractivity contribution in [3.05, 3.63) is 15.6 Å². The zero-order valence-corrected chi connectivity index (χ0v) is 10.5. The molecule has 1 saturated carbocycles. The summed E-state index contributed by atoms with van der Waals surface area (Å²) >= 11 is 1.90. The summed E-state index contributed by atoms with van der Waals surface area (Å²) in [4.78, 5) is 6.13. The summed E-state index contributed by atoms with van der Waals surface area (Å²) in [5.74, 6) is 0. The van der Waals surface area contributed by atoms with Crippen LogP contribution in [0.2, 0.25) is 0 Å². The molecule has 0 amide bonds. The molecule has 0 aliphatic heterocycles. The Hall–Kier alpha value is -0.410. The number of nitrogens with zero attached hydrogens (tertiary/aromatic N) is 1. The molecule has 84 valence electrons. The van der Waals surface area contributed by atoms with Gasteiger partial charge in [-0.1, -0.05) is 13.3 Å². The highest BCUT2D eigenvalue weighted by Gasteiger charge is 2.40. The zero-order chi connectivity index (χ0) is 10.9. The van der Waals surface area contributed by atoms with Crippen molar-refractivity contribution in [1.29, 1.82) is 0 Å². The minimum Gasteiger partial charge on any atom is -0.330 e. The van der Waals surface area contributed by atoms with Crippen molar-refractivity contribution >= 4 is 11.3 Å². The summed E-state index contributed by atoms with van der Waals surface area (Å²) < 4.78 is 0. The van der Waals surface area contributed by atoms with Crippen LogP contribution in [0, 0.1) is 6.92 Å². The van der Waals surface area contributed by atoms with Gasteiger partial charge in [-0.2, -0.15) is 0 Å². The Kier molecular flexibility index (Phi) is 3.12. The van der Waals surface area contributed by atoms with Crippen molar-refractivity contribution in [2.75, 3.05) is 6.54 Å². The molecule has 0 spiro atoms. The maximum absolute atomic E-state index is 5.93. The Labute approximate surface area is 95.9 Å². The summed E-state index contributed by atoms with van der Waals surface area (Å²) in [6.07, 6.45) is 6.15. The minimum absolute atomic E-state index is 0.299. The van der Waals surface area contributed by atoms with Gasteiger partial charge in [-0.15, -0.1) is 11.3 Å². The van der Waals surface area contributed by atoms with E-state index < -0.39 is 0 Å². The van der Waals surface area contributed by atoms with Crippen molar-refractivity contribution in [3.63, 3.8) is 0 Å². The topological polar surface area (TPSA) is 38.9 Å². The number of rotatable bonds is 4. The van der Waals surface area contributed by atoms with Gasteiger partial charge >= 0.3 is 0 Å². The number of nitrogens with two attached hydrogens (primary N) is 1. The van der Waals surface area contributed by atoms with Gasteiger partial charge in [0, 0.05) is 16.8 Å². The number of hydrogen-bond acceptors (Lipinski definition) is 3. The highest BCUT2D eigenvalue weighted by Crippen LogP contribution is 2.46. The maximum Gasteiger partial charge on any atom is 0.0931 e. The van der Waals surface area contributed by atoms with Crippen LogP contribution >= 0.6 is 11.3 Å². The molecule has 0 unspecified atom stereocenters. The van der Waals surface area contributed by atoms with Gasteiger partial charge in [0.1, 0.15) is 0 Å². The summed E-state index contributed by atoms with van der Waals surface area (Å²) in [6.45, 7) is 5.14. The lowest BCUT2D eigenvalue weighted by molar-refractivity contribution is 0.257. The number of hydrogen-bond donors (Lipinski definition) is 1. The predicted octanol–water partition coefficient (Wildman–Crippen LogP) is 2.78. The second-order valence-corrected chi connectivity index (χ2v) is 5.69. The Bertz CT molecular complexity index is 334. The van der Waals surface area contributed by atoms with Crippen LogP contribution in [-0.2, 0) is 11.8 Å². The fraction of sp³-hybridized carbons (Fsp3) is 0.750. The van der Waals surface area contributed by atoms with E-state index in [-0.39, 0.29) is 0 Å². The number of aryl methyl sites for hydroxylation is 2. The molecule has 3 heteroatoms. The van der Waals surface area contributed by atoms with Crippen molar-refractivity contribution < 1.29 is 0 Å². The van der Waals surface area contributed by atoms with Gasteiger partial charge in [0.15, 0.2) is 0 Å². The lowest BCUT2D eigenvalue weighted by atomic mass is 9.67. The van der Waals surface area contributed by atoms with Crippen LogP contribution in [0.3, 0.4) is 0 Å². The molecule has 15 heavy (non-hydrogen) atoms. The molecule has 1 aliphatic carbocycles. The lowest BCUT2D eigenvalue weighted by Crippen LogP contribution is -2.41. The van der Waals surface area contributed by atoms with Crippen molar-refractivity contribution in [2.24, 2.45) is 5.73 Å². The van der Waals surface area contributed by atoms with Crippen LogP contribution in [0.15, 0.2) is 0 Å². The highest BCUT2D eigenvalue weighted by atomic mass is 32.1. The summed E-state index contributed by atoms with van der Waals surface area (Å²) in [6, 6.07) is 0. The van der Waals surface area contributed by atoms with Crippen LogP contribution in [0.5, 0.6) is 0 Å². The molecule has 1 heterocycles. The number of aromatic nitrogens is 1. The SMILES string of the molecule is CCCc1nc(C)c(C2(CN)CCC2)s1.